The Morgan fingerprint density at radius 2 is 2.30 bits per heavy atom. The minimum absolute atomic E-state index is 0.0767. The Morgan fingerprint density at radius 3 is 3.00 bits per heavy atom. The second kappa shape index (κ2) is 7.01. The van der Waals surface area contributed by atoms with E-state index in [1.165, 1.54) is 5.56 Å². The average Bonchev–Trinajstić information content (AvgIpc) is 2.91. The summed E-state index contributed by atoms with van der Waals surface area (Å²) in [7, 11) is 1.94. The van der Waals surface area contributed by atoms with Gasteiger partial charge >= 0.3 is 0 Å². The first kappa shape index (κ1) is 16.5. The molecule has 6 heteroatoms. The third-order valence-electron chi connectivity index (χ3n) is 4.89. The van der Waals surface area contributed by atoms with Crippen LogP contribution < -0.4 is 5.32 Å². The van der Waals surface area contributed by atoms with Gasteiger partial charge in [-0.05, 0) is 26.7 Å². The van der Waals surface area contributed by atoms with Crippen LogP contribution in [0.15, 0.2) is 12.4 Å². The van der Waals surface area contributed by atoms with Crippen molar-refractivity contribution in [1.82, 2.24) is 20.0 Å². The Labute approximate surface area is 138 Å². The molecule has 1 aromatic heterocycles. The summed E-state index contributed by atoms with van der Waals surface area (Å²) in [5.74, 6) is 0.572. The number of hydrogen-bond donors (Lipinski definition) is 1. The highest BCUT2D eigenvalue weighted by Crippen LogP contribution is 2.33. The summed E-state index contributed by atoms with van der Waals surface area (Å²) in [6.07, 6.45) is 6.06. The van der Waals surface area contributed by atoms with Gasteiger partial charge in [0.1, 0.15) is 0 Å². The van der Waals surface area contributed by atoms with Crippen molar-refractivity contribution in [2.45, 2.75) is 45.4 Å². The zero-order valence-corrected chi connectivity index (χ0v) is 14.4. The minimum atomic E-state index is 0.0767. The number of aryl methyl sites for hydroxylation is 1. The van der Waals surface area contributed by atoms with Crippen LogP contribution in [0.4, 0.5) is 0 Å². The molecule has 0 aromatic carbocycles. The SMILES string of the molecule is CC(C)NC(=O)[C@H]1CCO[C@H]2CCN(Cc3cnn(C)c3)C[C@@H]21. The largest absolute Gasteiger partial charge is 0.378 e. The molecular weight excluding hydrogens is 292 g/mol. The molecule has 0 radical (unpaired) electrons. The molecule has 3 heterocycles. The molecule has 6 nitrogen and oxygen atoms in total. The molecule has 2 aliphatic heterocycles. The number of rotatable bonds is 4. The quantitative estimate of drug-likeness (QED) is 0.905. The van der Waals surface area contributed by atoms with Crippen molar-refractivity contribution in [3.63, 3.8) is 0 Å². The molecule has 23 heavy (non-hydrogen) atoms. The van der Waals surface area contributed by atoms with Gasteiger partial charge in [0.25, 0.3) is 0 Å². The van der Waals surface area contributed by atoms with Crippen molar-refractivity contribution in [1.29, 1.82) is 0 Å². The van der Waals surface area contributed by atoms with E-state index < -0.39 is 0 Å². The van der Waals surface area contributed by atoms with Crippen molar-refractivity contribution in [3.8, 4) is 0 Å². The van der Waals surface area contributed by atoms with E-state index in [1.54, 1.807) is 0 Å². The van der Waals surface area contributed by atoms with Crippen LogP contribution in [-0.4, -0.2) is 52.4 Å². The molecule has 128 valence electrons. The number of amides is 1. The molecule has 1 aromatic rings. The van der Waals surface area contributed by atoms with Crippen molar-refractivity contribution in [3.05, 3.63) is 18.0 Å². The first-order valence-electron chi connectivity index (χ1n) is 8.65. The molecule has 0 saturated carbocycles. The van der Waals surface area contributed by atoms with Gasteiger partial charge in [-0.25, -0.2) is 0 Å². The number of hydrogen-bond acceptors (Lipinski definition) is 4. The highest BCUT2D eigenvalue weighted by molar-refractivity contribution is 5.79. The summed E-state index contributed by atoms with van der Waals surface area (Å²) in [5.41, 5.74) is 1.23. The number of piperidine rings is 1. The zero-order chi connectivity index (χ0) is 16.4. The van der Waals surface area contributed by atoms with E-state index in [1.807, 2.05) is 31.8 Å². The minimum Gasteiger partial charge on any atom is -0.378 e. The number of carbonyl (C=O) groups excluding carboxylic acids is 1. The van der Waals surface area contributed by atoms with E-state index in [2.05, 4.69) is 21.5 Å². The number of carbonyl (C=O) groups is 1. The Balaban J connectivity index is 1.65. The molecule has 0 bridgehead atoms. The van der Waals surface area contributed by atoms with E-state index in [4.69, 9.17) is 4.74 Å². The van der Waals surface area contributed by atoms with Crippen LogP contribution in [0, 0.1) is 11.8 Å². The summed E-state index contributed by atoms with van der Waals surface area (Å²) >= 11 is 0. The van der Waals surface area contributed by atoms with Crippen LogP contribution in [-0.2, 0) is 23.1 Å². The van der Waals surface area contributed by atoms with Gasteiger partial charge in [-0.2, -0.15) is 5.10 Å². The Kier molecular flexibility index (Phi) is 5.02. The van der Waals surface area contributed by atoms with Gasteiger partial charge in [0.05, 0.1) is 12.3 Å². The van der Waals surface area contributed by atoms with Gasteiger partial charge in [0.2, 0.25) is 5.91 Å². The molecule has 0 spiro atoms. The molecule has 0 aliphatic carbocycles. The third kappa shape index (κ3) is 3.93. The van der Waals surface area contributed by atoms with Crippen LogP contribution in [0.1, 0.15) is 32.3 Å². The second-order valence-corrected chi connectivity index (χ2v) is 7.18. The maximum Gasteiger partial charge on any atom is 0.223 e. The highest BCUT2D eigenvalue weighted by atomic mass is 16.5. The summed E-state index contributed by atoms with van der Waals surface area (Å²) in [5, 5.41) is 7.33. The molecule has 3 atom stereocenters. The van der Waals surface area contributed by atoms with Crippen molar-refractivity contribution < 1.29 is 9.53 Å². The monoisotopic (exact) mass is 320 g/mol. The first-order valence-corrected chi connectivity index (χ1v) is 8.65. The molecule has 3 rings (SSSR count). The molecule has 1 amide bonds. The predicted molar refractivity (Wildman–Crippen MR) is 87.7 cm³/mol. The summed E-state index contributed by atoms with van der Waals surface area (Å²) in [4.78, 5) is 15.0. The maximum atomic E-state index is 12.5. The standard InChI is InChI=1S/C17H28N4O2/c1-12(2)19-17(22)14-5-7-23-16-4-6-21(11-15(14)16)10-13-8-18-20(3)9-13/h8-9,12,14-16H,4-7,10-11H2,1-3H3,(H,19,22)/t14-,15+,16-/m0/s1. The normalized spacial score (nSPS) is 28.6. The Hall–Kier alpha value is -1.40. The smallest absolute Gasteiger partial charge is 0.223 e. The van der Waals surface area contributed by atoms with Gasteiger partial charge in [0.15, 0.2) is 0 Å². The molecular formula is C17H28N4O2. The van der Waals surface area contributed by atoms with E-state index >= 15 is 0 Å². The number of nitrogens with zero attached hydrogens (tertiary/aromatic N) is 3. The number of likely N-dealkylation sites (tertiary alicyclic amines) is 1. The van der Waals surface area contributed by atoms with Gasteiger partial charge < -0.3 is 10.1 Å². The van der Waals surface area contributed by atoms with Gasteiger partial charge in [-0.3, -0.25) is 14.4 Å². The van der Waals surface area contributed by atoms with Crippen LogP contribution in [0.2, 0.25) is 0 Å². The van der Waals surface area contributed by atoms with E-state index in [9.17, 15) is 4.79 Å². The zero-order valence-electron chi connectivity index (χ0n) is 14.4. The molecule has 0 unspecified atom stereocenters. The number of aromatic nitrogens is 2. The van der Waals surface area contributed by atoms with Crippen LogP contribution in [0.3, 0.4) is 0 Å². The van der Waals surface area contributed by atoms with Crippen molar-refractivity contribution in [2.24, 2.45) is 18.9 Å². The highest BCUT2D eigenvalue weighted by Gasteiger charge is 2.41. The summed E-state index contributed by atoms with van der Waals surface area (Å²) in [6, 6.07) is 0.193. The molecule has 1 N–H and O–H groups in total. The summed E-state index contributed by atoms with van der Waals surface area (Å²) in [6.45, 7) is 7.59. The average molecular weight is 320 g/mol. The fourth-order valence-corrected chi connectivity index (χ4v) is 3.86. The molecule has 2 saturated heterocycles. The fraction of sp³-hybridized carbons (Fsp3) is 0.765. The Morgan fingerprint density at radius 1 is 1.48 bits per heavy atom. The van der Waals surface area contributed by atoms with E-state index in [0.717, 1.165) is 32.5 Å². The lowest BCUT2D eigenvalue weighted by Gasteiger charge is -2.44. The van der Waals surface area contributed by atoms with Crippen molar-refractivity contribution in [2.75, 3.05) is 19.7 Å². The number of nitrogens with one attached hydrogen (secondary N) is 1. The predicted octanol–water partition coefficient (Wildman–Crippen LogP) is 1.17. The fourth-order valence-electron chi connectivity index (χ4n) is 3.86. The lowest BCUT2D eigenvalue weighted by molar-refractivity contribution is -0.142. The van der Waals surface area contributed by atoms with Crippen LogP contribution in [0.25, 0.3) is 0 Å². The molecule has 2 aliphatic rings. The van der Waals surface area contributed by atoms with Gasteiger partial charge in [0, 0.05) is 62.9 Å². The lowest BCUT2D eigenvalue weighted by atomic mass is 9.79. The lowest BCUT2D eigenvalue weighted by Crippen LogP contribution is -2.53. The second-order valence-electron chi connectivity index (χ2n) is 7.18. The van der Waals surface area contributed by atoms with Crippen LogP contribution >= 0.6 is 0 Å². The maximum absolute atomic E-state index is 12.5. The summed E-state index contributed by atoms with van der Waals surface area (Å²) < 4.78 is 7.78. The number of ether oxygens (including phenoxy) is 1. The third-order valence-corrected chi connectivity index (χ3v) is 4.89. The van der Waals surface area contributed by atoms with Gasteiger partial charge in [-0.15, -0.1) is 0 Å². The van der Waals surface area contributed by atoms with Gasteiger partial charge in [-0.1, -0.05) is 0 Å². The van der Waals surface area contributed by atoms with Crippen molar-refractivity contribution >= 4 is 5.91 Å². The number of fused-ring (bicyclic) bond motifs is 1. The first-order chi connectivity index (χ1) is 11.0. The van der Waals surface area contributed by atoms with E-state index in [-0.39, 0.29) is 24.0 Å². The molecule has 2 fully saturated rings. The van der Waals surface area contributed by atoms with E-state index in [0.29, 0.717) is 12.5 Å². The Bertz CT molecular complexity index is 542. The van der Waals surface area contributed by atoms with Crippen LogP contribution in [0.5, 0.6) is 0 Å². The topological polar surface area (TPSA) is 59.4 Å².